The Hall–Kier alpha value is -2.35. The molecule has 12 heteroatoms. The molecule has 2 heterocycles. The van der Waals surface area contributed by atoms with Crippen LogP contribution in [0, 0.1) is 6.92 Å². The van der Waals surface area contributed by atoms with E-state index < -0.39 is 25.1 Å². The highest BCUT2D eigenvalue weighted by atomic mass is 127. The minimum atomic E-state index is -4.11. The number of ether oxygens (including phenoxy) is 1. The van der Waals surface area contributed by atoms with Crippen LogP contribution >= 0.6 is 22.6 Å². The van der Waals surface area contributed by atoms with E-state index in [0.717, 1.165) is 9.87 Å². The van der Waals surface area contributed by atoms with Crippen molar-refractivity contribution in [2.75, 3.05) is 19.6 Å². The Kier molecular flexibility index (Phi) is 9.38. The van der Waals surface area contributed by atoms with Crippen molar-refractivity contribution < 1.29 is 27.5 Å². The molecule has 0 spiro atoms. The number of halogens is 1. The Morgan fingerprint density at radius 2 is 1.79 bits per heavy atom. The second-order valence-electron chi connectivity index (χ2n) is 10.6. The van der Waals surface area contributed by atoms with Gasteiger partial charge in [0.25, 0.3) is 15.9 Å². The summed E-state index contributed by atoms with van der Waals surface area (Å²) in [5.74, 6) is -0.896. The summed E-state index contributed by atoms with van der Waals surface area (Å²) in [6.07, 6.45) is 3.68. The lowest BCUT2D eigenvalue weighted by molar-refractivity contribution is -0.138. The molecule has 1 saturated heterocycles. The molecule has 1 aromatic rings. The zero-order valence-electron chi connectivity index (χ0n) is 22.6. The SMILES string of the molecule is CCCN(C(=O)C[C@@]1(I)C(=O)NC=CN1S(=O)(=O)c1ccc(C)cc1)C1CCN(C(=O)OC(C)(C)C)CC1. The summed E-state index contributed by atoms with van der Waals surface area (Å²) in [4.78, 5) is 42.7. The van der Waals surface area contributed by atoms with Crippen LogP contribution in [0.5, 0.6) is 0 Å². The molecule has 0 aromatic heterocycles. The number of carbonyl (C=O) groups is 3. The van der Waals surface area contributed by atoms with Crippen molar-refractivity contribution in [3.63, 3.8) is 0 Å². The molecule has 0 aliphatic carbocycles. The van der Waals surface area contributed by atoms with Crippen LogP contribution in [-0.4, -0.2) is 75.3 Å². The summed E-state index contributed by atoms with van der Waals surface area (Å²) < 4.78 is 31.9. The van der Waals surface area contributed by atoms with Crippen LogP contribution in [0.1, 0.15) is 58.9 Å². The highest BCUT2D eigenvalue weighted by Gasteiger charge is 2.50. The number of alkyl halides is 1. The summed E-state index contributed by atoms with van der Waals surface area (Å²) in [5, 5.41) is 2.57. The van der Waals surface area contributed by atoms with Gasteiger partial charge in [-0.15, -0.1) is 0 Å². The molecule has 0 unspecified atom stereocenters. The third-order valence-electron chi connectivity index (χ3n) is 6.43. The number of benzene rings is 1. The Labute approximate surface area is 238 Å². The molecular weight excluding hydrogens is 623 g/mol. The molecule has 38 heavy (non-hydrogen) atoms. The average molecular weight is 661 g/mol. The molecule has 2 aliphatic heterocycles. The first kappa shape index (κ1) is 30.2. The standard InChI is InChI=1S/C26H37IN4O6S/c1-6-14-30(20-11-15-29(16-12-20)24(34)37-25(3,4)5)22(32)18-26(27)23(33)28-13-17-31(26)38(35,36)21-9-7-19(2)8-10-21/h7-10,13,17,20H,6,11-12,14-16,18H2,1-5H3,(H,28,33)/t26-/m0/s1. The van der Waals surface area contributed by atoms with Crippen molar-refractivity contribution in [2.24, 2.45) is 0 Å². The van der Waals surface area contributed by atoms with E-state index in [1.54, 1.807) is 44.5 Å². The fraction of sp³-hybridized carbons (Fsp3) is 0.577. The van der Waals surface area contributed by atoms with Gasteiger partial charge in [-0.25, -0.2) is 17.5 Å². The molecule has 210 valence electrons. The lowest BCUT2D eigenvalue weighted by atomic mass is 10.0. The van der Waals surface area contributed by atoms with Gasteiger partial charge in [-0.1, -0.05) is 24.6 Å². The first-order valence-corrected chi connectivity index (χ1v) is 15.3. The lowest BCUT2D eigenvalue weighted by Crippen LogP contribution is -2.59. The number of hydrogen-bond acceptors (Lipinski definition) is 6. The van der Waals surface area contributed by atoms with Crippen LogP contribution in [-0.2, 0) is 24.3 Å². The highest BCUT2D eigenvalue weighted by molar-refractivity contribution is 14.1. The molecule has 10 nitrogen and oxygen atoms in total. The lowest BCUT2D eigenvalue weighted by Gasteiger charge is -2.42. The minimum absolute atomic E-state index is 0.0378. The van der Waals surface area contributed by atoms with E-state index in [4.69, 9.17) is 4.74 Å². The number of aryl methyl sites for hydroxylation is 1. The summed E-state index contributed by atoms with van der Waals surface area (Å²) >= 11 is 1.78. The van der Waals surface area contributed by atoms with Crippen LogP contribution in [0.15, 0.2) is 41.6 Å². The predicted octanol–water partition coefficient (Wildman–Crippen LogP) is 3.75. The second kappa shape index (κ2) is 11.8. The number of hydrogen-bond donors (Lipinski definition) is 1. The minimum Gasteiger partial charge on any atom is -0.444 e. The van der Waals surface area contributed by atoms with E-state index in [1.165, 1.54) is 24.5 Å². The van der Waals surface area contributed by atoms with Crippen LogP contribution < -0.4 is 5.32 Å². The number of sulfonamides is 1. The number of likely N-dealkylation sites (tertiary alicyclic amines) is 1. The molecule has 0 bridgehead atoms. The van der Waals surface area contributed by atoms with E-state index >= 15 is 0 Å². The Morgan fingerprint density at radius 3 is 2.34 bits per heavy atom. The molecule has 2 aliphatic rings. The van der Waals surface area contributed by atoms with E-state index in [9.17, 15) is 22.8 Å². The van der Waals surface area contributed by atoms with Gasteiger partial charge in [0, 0.05) is 38.1 Å². The normalized spacial score (nSPS) is 20.7. The number of piperidine rings is 1. The van der Waals surface area contributed by atoms with Crippen molar-refractivity contribution in [1.29, 1.82) is 0 Å². The van der Waals surface area contributed by atoms with E-state index in [2.05, 4.69) is 5.32 Å². The topological polar surface area (TPSA) is 116 Å². The van der Waals surface area contributed by atoms with Crippen LogP contribution in [0.2, 0.25) is 0 Å². The predicted molar refractivity (Wildman–Crippen MR) is 152 cm³/mol. The second-order valence-corrected chi connectivity index (χ2v) is 14.2. The van der Waals surface area contributed by atoms with Gasteiger partial charge in [-0.2, -0.15) is 0 Å². The molecule has 1 N–H and O–H groups in total. The van der Waals surface area contributed by atoms with Crippen molar-refractivity contribution >= 4 is 50.5 Å². The van der Waals surface area contributed by atoms with E-state index in [-0.39, 0.29) is 29.4 Å². The summed E-state index contributed by atoms with van der Waals surface area (Å²) in [6.45, 7) is 10.6. The highest BCUT2D eigenvalue weighted by Crippen LogP contribution is 2.37. The fourth-order valence-electron chi connectivity index (χ4n) is 4.50. The number of carbonyl (C=O) groups excluding carboxylic acids is 3. The van der Waals surface area contributed by atoms with Gasteiger partial charge in [-0.3, -0.25) is 9.59 Å². The van der Waals surface area contributed by atoms with Gasteiger partial charge in [0.2, 0.25) is 5.91 Å². The molecule has 0 saturated carbocycles. The van der Waals surface area contributed by atoms with E-state index in [1.807, 2.05) is 34.6 Å². The Bertz CT molecular complexity index is 1170. The monoisotopic (exact) mass is 660 g/mol. The number of amides is 3. The van der Waals surface area contributed by atoms with Crippen molar-refractivity contribution in [3.05, 3.63) is 42.2 Å². The van der Waals surface area contributed by atoms with Crippen LogP contribution in [0.25, 0.3) is 0 Å². The van der Waals surface area contributed by atoms with Gasteiger partial charge in [-0.05, 0) is 81.7 Å². The maximum atomic E-state index is 13.7. The average Bonchev–Trinajstić information content (AvgIpc) is 2.83. The van der Waals surface area contributed by atoms with Crippen molar-refractivity contribution in [2.45, 2.75) is 80.4 Å². The van der Waals surface area contributed by atoms with Crippen LogP contribution in [0.3, 0.4) is 0 Å². The maximum absolute atomic E-state index is 13.7. The first-order valence-electron chi connectivity index (χ1n) is 12.7. The van der Waals surface area contributed by atoms with Gasteiger partial charge in [0.1, 0.15) is 5.60 Å². The smallest absolute Gasteiger partial charge is 0.410 e. The molecule has 3 amide bonds. The zero-order chi connectivity index (χ0) is 28.3. The van der Waals surface area contributed by atoms with Crippen molar-refractivity contribution in [1.82, 2.24) is 19.4 Å². The Morgan fingerprint density at radius 1 is 1.18 bits per heavy atom. The summed E-state index contributed by atoms with van der Waals surface area (Å²) in [5.41, 5.74) is 0.312. The number of nitrogens with zero attached hydrogens (tertiary/aromatic N) is 3. The zero-order valence-corrected chi connectivity index (χ0v) is 25.5. The summed E-state index contributed by atoms with van der Waals surface area (Å²) in [7, 11) is -4.11. The number of rotatable bonds is 7. The quantitative estimate of drug-likeness (QED) is 0.271. The molecule has 1 fully saturated rings. The van der Waals surface area contributed by atoms with Gasteiger partial charge < -0.3 is 19.9 Å². The molecule has 3 rings (SSSR count). The largest absolute Gasteiger partial charge is 0.444 e. The third-order valence-corrected chi connectivity index (χ3v) is 9.96. The summed E-state index contributed by atoms with van der Waals surface area (Å²) in [6, 6.07) is 6.23. The third kappa shape index (κ3) is 6.80. The first-order chi connectivity index (χ1) is 17.7. The van der Waals surface area contributed by atoms with Crippen molar-refractivity contribution in [3.8, 4) is 0 Å². The molecule has 1 atom stereocenters. The molecular formula is C26H37IN4O6S. The van der Waals surface area contributed by atoms with Gasteiger partial charge >= 0.3 is 6.09 Å². The van der Waals surface area contributed by atoms with Gasteiger partial charge in [0.15, 0.2) is 3.55 Å². The van der Waals surface area contributed by atoms with Gasteiger partial charge in [0.05, 0.1) is 11.3 Å². The maximum Gasteiger partial charge on any atom is 0.410 e. The van der Waals surface area contributed by atoms with E-state index in [0.29, 0.717) is 38.9 Å². The molecule has 0 radical (unpaired) electrons. The fourth-order valence-corrected chi connectivity index (χ4v) is 7.38. The number of nitrogens with one attached hydrogen (secondary N) is 1. The molecule has 1 aromatic carbocycles. The van der Waals surface area contributed by atoms with Crippen LogP contribution in [0.4, 0.5) is 4.79 Å². The Balaban J connectivity index is 1.79.